The van der Waals surface area contributed by atoms with Crippen molar-refractivity contribution in [3.05, 3.63) is 66.7 Å². The minimum absolute atomic E-state index is 0.232. The lowest BCUT2D eigenvalue weighted by Gasteiger charge is -2.32. The Morgan fingerprint density at radius 1 is 1.00 bits per heavy atom. The van der Waals surface area contributed by atoms with Gasteiger partial charge in [-0.05, 0) is 30.2 Å². The third-order valence-corrected chi connectivity index (χ3v) is 5.06. The summed E-state index contributed by atoms with van der Waals surface area (Å²) in [6.07, 6.45) is 1.18. The molecule has 4 nitrogen and oxygen atoms in total. The third kappa shape index (κ3) is 4.90. The van der Waals surface area contributed by atoms with Crippen LogP contribution in [0.4, 0.5) is 26.3 Å². The summed E-state index contributed by atoms with van der Waals surface area (Å²) in [5.74, 6) is -17.7. The average Bonchev–Trinajstić information content (AvgIpc) is 3.24. The SMILES string of the molecule is C=CC(=O)OCC(F)(F)C(F)(F)C(F)(F)COc1ccc2cc(-c3ccccc3CC)oc2c1. The number of ether oxygens (including phenoxy) is 2. The molecule has 0 aliphatic carbocycles. The fraction of sp³-hybridized carbons (Fsp3) is 0.292. The maximum atomic E-state index is 14.1. The van der Waals surface area contributed by atoms with Gasteiger partial charge in [-0.25, -0.2) is 4.79 Å². The number of furan rings is 1. The Morgan fingerprint density at radius 3 is 2.35 bits per heavy atom. The summed E-state index contributed by atoms with van der Waals surface area (Å²) in [6.45, 7) is 0.568. The molecule has 2 aromatic carbocycles. The lowest BCUT2D eigenvalue weighted by molar-refractivity contribution is -0.322. The number of hydrogen-bond donors (Lipinski definition) is 0. The van der Waals surface area contributed by atoms with Crippen molar-refractivity contribution >= 4 is 16.9 Å². The van der Waals surface area contributed by atoms with Crippen LogP contribution in [0, 0.1) is 0 Å². The highest BCUT2D eigenvalue weighted by molar-refractivity contribution is 5.84. The van der Waals surface area contributed by atoms with E-state index in [4.69, 9.17) is 9.15 Å². The van der Waals surface area contributed by atoms with Crippen LogP contribution in [0.3, 0.4) is 0 Å². The monoisotopic (exact) mass is 486 g/mol. The van der Waals surface area contributed by atoms with Crippen molar-refractivity contribution in [2.24, 2.45) is 0 Å². The first-order valence-electron chi connectivity index (χ1n) is 10.1. The van der Waals surface area contributed by atoms with E-state index < -0.39 is 37.0 Å². The Hall–Kier alpha value is -3.43. The van der Waals surface area contributed by atoms with Crippen molar-refractivity contribution < 1.29 is 45.0 Å². The van der Waals surface area contributed by atoms with Gasteiger partial charge in [-0.1, -0.05) is 37.8 Å². The molecule has 3 rings (SSSR count). The van der Waals surface area contributed by atoms with Crippen LogP contribution in [0.15, 0.2) is 65.6 Å². The summed E-state index contributed by atoms with van der Waals surface area (Å²) in [6, 6.07) is 13.1. The fourth-order valence-electron chi connectivity index (χ4n) is 3.15. The van der Waals surface area contributed by atoms with Gasteiger partial charge in [-0.2, -0.15) is 26.3 Å². The van der Waals surface area contributed by atoms with E-state index in [9.17, 15) is 31.1 Å². The number of fused-ring (bicyclic) bond motifs is 1. The summed E-state index contributed by atoms with van der Waals surface area (Å²) >= 11 is 0. The second kappa shape index (κ2) is 9.44. The molecule has 3 aromatic rings. The number of carbonyl (C=O) groups excluding carboxylic acids is 1. The van der Waals surface area contributed by atoms with E-state index in [1.165, 1.54) is 18.2 Å². The minimum atomic E-state index is -5.87. The van der Waals surface area contributed by atoms with Crippen molar-refractivity contribution in [3.63, 3.8) is 0 Å². The molecule has 0 aliphatic heterocycles. The van der Waals surface area contributed by atoms with E-state index in [0.29, 0.717) is 17.2 Å². The fourth-order valence-corrected chi connectivity index (χ4v) is 3.15. The van der Waals surface area contributed by atoms with Crippen molar-refractivity contribution in [2.45, 2.75) is 31.1 Å². The highest BCUT2D eigenvalue weighted by atomic mass is 19.3. The van der Waals surface area contributed by atoms with E-state index >= 15 is 0 Å². The highest BCUT2D eigenvalue weighted by Crippen LogP contribution is 2.46. The zero-order valence-electron chi connectivity index (χ0n) is 17.9. The molecule has 10 heteroatoms. The van der Waals surface area contributed by atoms with Gasteiger partial charge in [-0.3, -0.25) is 0 Å². The number of halogens is 6. The highest BCUT2D eigenvalue weighted by Gasteiger charge is 2.72. The molecular weight excluding hydrogens is 466 g/mol. The first-order chi connectivity index (χ1) is 15.9. The van der Waals surface area contributed by atoms with Gasteiger partial charge in [0.1, 0.15) is 17.1 Å². The van der Waals surface area contributed by atoms with Crippen molar-refractivity contribution in [2.75, 3.05) is 13.2 Å². The van der Waals surface area contributed by atoms with E-state index in [0.717, 1.165) is 17.5 Å². The predicted octanol–water partition coefficient (Wildman–Crippen LogP) is 6.68. The van der Waals surface area contributed by atoms with Gasteiger partial charge < -0.3 is 13.9 Å². The van der Waals surface area contributed by atoms with Crippen LogP contribution in [0.2, 0.25) is 0 Å². The second-order valence-corrected chi connectivity index (χ2v) is 7.40. The zero-order valence-corrected chi connectivity index (χ0v) is 17.9. The quantitative estimate of drug-likeness (QED) is 0.182. The summed E-state index contributed by atoms with van der Waals surface area (Å²) in [7, 11) is 0. The van der Waals surface area contributed by atoms with Gasteiger partial charge in [-0.15, -0.1) is 0 Å². The van der Waals surface area contributed by atoms with E-state index in [1.54, 1.807) is 6.07 Å². The molecule has 1 heterocycles. The molecule has 0 saturated carbocycles. The molecule has 0 N–H and O–H groups in total. The van der Waals surface area contributed by atoms with Crippen LogP contribution in [0.5, 0.6) is 5.75 Å². The van der Waals surface area contributed by atoms with Gasteiger partial charge in [0.2, 0.25) is 0 Å². The van der Waals surface area contributed by atoms with Gasteiger partial charge in [0.15, 0.2) is 13.2 Å². The molecule has 182 valence electrons. The summed E-state index contributed by atoms with van der Waals surface area (Å²) in [4.78, 5) is 10.8. The van der Waals surface area contributed by atoms with Crippen LogP contribution in [0.25, 0.3) is 22.3 Å². The number of hydrogen-bond acceptors (Lipinski definition) is 4. The van der Waals surface area contributed by atoms with Gasteiger partial charge in [0, 0.05) is 23.1 Å². The van der Waals surface area contributed by atoms with Gasteiger partial charge >= 0.3 is 23.7 Å². The van der Waals surface area contributed by atoms with E-state index in [1.807, 2.05) is 31.2 Å². The van der Waals surface area contributed by atoms with Crippen LogP contribution in [0.1, 0.15) is 12.5 Å². The molecule has 0 spiro atoms. The minimum Gasteiger partial charge on any atom is -0.487 e. The lowest BCUT2D eigenvalue weighted by atomic mass is 10.0. The third-order valence-electron chi connectivity index (χ3n) is 5.06. The first-order valence-corrected chi connectivity index (χ1v) is 10.1. The molecule has 0 fully saturated rings. The largest absolute Gasteiger partial charge is 0.487 e. The molecule has 0 saturated heterocycles. The lowest BCUT2D eigenvalue weighted by Crippen LogP contribution is -2.58. The van der Waals surface area contributed by atoms with Crippen LogP contribution < -0.4 is 4.74 Å². The number of esters is 1. The summed E-state index contributed by atoms with van der Waals surface area (Å²) in [5.41, 5.74) is 2.07. The van der Waals surface area contributed by atoms with Gasteiger partial charge in [0.05, 0.1) is 0 Å². The average molecular weight is 486 g/mol. The topological polar surface area (TPSA) is 48.7 Å². The molecule has 0 unspecified atom stereocenters. The Balaban J connectivity index is 1.77. The zero-order chi connectivity index (χ0) is 25.1. The molecule has 0 radical (unpaired) electrons. The van der Waals surface area contributed by atoms with Crippen molar-refractivity contribution in [1.82, 2.24) is 0 Å². The molecule has 0 amide bonds. The van der Waals surface area contributed by atoms with Crippen LogP contribution >= 0.6 is 0 Å². The number of carbonyl (C=O) groups is 1. The van der Waals surface area contributed by atoms with Crippen molar-refractivity contribution in [3.8, 4) is 17.1 Å². The Bertz CT molecular complexity index is 1190. The number of benzene rings is 2. The molecular formula is C24H20F6O4. The standard InChI is InChI=1S/C24H20F6O4/c1-3-15-7-5-6-8-18(15)20-11-16-9-10-17(12-19(16)34-20)32-13-22(25,26)24(29,30)23(27,28)14-33-21(31)4-2/h4-12H,2-3,13-14H2,1H3. The summed E-state index contributed by atoms with van der Waals surface area (Å²) in [5, 5.41) is 0.598. The number of rotatable bonds is 10. The molecule has 0 atom stereocenters. The van der Waals surface area contributed by atoms with E-state index in [-0.39, 0.29) is 11.3 Å². The predicted molar refractivity (Wildman–Crippen MR) is 113 cm³/mol. The maximum absolute atomic E-state index is 14.1. The van der Waals surface area contributed by atoms with Gasteiger partial charge in [0.25, 0.3) is 0 Å². The number of aryl methyl sites for hydroxylation is 1. The van der Waals surface area contributed by atoms with Crippen molar-refractivity contribution in [1.29, 1.82) is 0 Å². The molecule has 0 aliphatic rings. The molecule has 0 bridgehead atoms. The maximum Gasteiger partial charge on any atom is 0.378 e. The van der Waals surface area contributed by atoms with Crippen LogP contribution in [-0.4, -0.2) is 37.0 Å². The Kier molecular flexibility index (Phi) is 6.99. The second-order valence-electron chi connectivity index (χ2n) is 7.40. The Labute approximate surface area is 190 Å². The van der Waals surface area contributed by atoms with Crippen LogP contribution in [-0.2, 0) is 16.0 Å². The smallest absolute Gasteiger partial charge is 0.378 e. The summed E-state index contributed by atoms with van der Waals surface area (Å²) < 4.78 is 97.8. The first kappa shape index (κ1) is 25.2. The molecule has 1 aromatic heterocycles. The normalized spacial score (nSPS) is 12.6. The molecule has 34 heavy (non-hydrogen) atoms. The number of alkyl halides is 6. The van der Waals surface area contributed by atoms with E-state index in [2.05, 4.69) is 11.3 Å². The Morgan fingerprint density at radius 2 is 1.68 bits per heavy atom.